The molecule has 0 saturated heterocycles. The number of ether oxygens (including phenoxy) is 1. The van der Waals surface area contributed by atoms with Crippen LogP contribution in [0, 0.1) is 0 Å². The van der Waals surface area contributed by atoms with Crippen LogP contribution in [0.25, 0.3) is 0 Å². The molecule has 0 radical (unpaired) electrons. The molecular weight excluding hydrogens is 248 g/mol. The number of nitrogens with one attached hydrogen (secondary N) is 1. The normalized spacial score (nSPS) is 10.6. The molecule has 0 aliphatic rings. The molecule has 0 bridgehead atoms. The number of nitrogens with two attached hydrogens (primary N) is 1. The Labute approximate surface area is 120 Å². The third kappa shape index (κ3) is 3.67. The largest absolute Gasteiger partial charge is 0.491 e. The van der Waals surface area contributed by atoms with E-state index in [1.165, 1.54) is 5.56 Å². The lowest BCUT2D eigenvalue weighted by atomic mass is 10.1. The van der Waals surface area contributed by atoms with E-state index < -0.39 is 0 Å². The average Bonchev–Trinajstić information content (AvgIpc) is 2.42. The topological polar surface area (TPSA) is 47.3 Å². The zero-order valence-electron chi connectivity index (χ0n) is 12.3. The zero-order valence-corrected chi connectivity index (χ0v) is 12.3. The summed E-state index contributed by atoms with van der Waals surface area (Å²) in [6.07, 6.45) is 1.14. The van der Waals surface area contributed by atoms with Gasteiger partial charge in [0.1, 0.15) is 5.75 Å². The first-order valence-corrected chi connectivity index (χ1v) is 7.00. The summed E-state index contributed by atoms with van der Waals surface area (Å²) in [5, 5.41) is 3.42. The van der Waals surface area contributed by atoms with Crippen LogP contribution in [-0.2, 0) is 6.42 Å². The van der Waals surface area contributed by atoms with Crippen LogP contribution in [0.4, 0.5) is 17.1 Å². The summed E-state index contributed by atoms with van der Waals surface area (Å²) >= 11 is 0. The van der Waals surface area contributed by atoms with Gasteiger partial charge in [0, 0.05) is 17.1 Å². The van der Waals surface area contributed by atoms with E-state index in [1.807, 2.05) is 56.3 Å². The van der Waals surface area contributed by atoms with Gasteiger partial charge in [-0.05, 0) is 68.3 Å². The quantitative estimate of drug-likeness (QED) is 0.793. The number of nitrogen functional groups attached to an aromatic ring is 1. The van der Waals surface area contributed by atoms with E-state index in [0.717, 1.165) is 29.2 Å². The molecule has 3 N–H and O–H groups in total. The van der Waals surface area contributed by atoms with Crippen molar-refractivity contribution in [2.45, 2.75) is 33.3 Å². The standard InChI is InChI=1S/C17H22N2O/c1-4-13-11-14(18)5-10-17(13)19-15-6-8-16(9-7-15)20-12(2)3/h5-12,19H,4,18H2,1-3H3. The van der Waals surface area contributed by atoms with Crippen LogP contribution in [0.3, 0.4) is 0 Å². The zero-order chi connectivity index (χ0) is 14.5. The van der Waals surface area contributed by atoms with Crippen LogP contribution < -0.4 is 15.8 Å². The minimum Gasteiger partial charge on any atom is -0.491 e. The molecule has 3 heteroatoms. The molecule has 0 unspecified atom stereocenters. The van der Waals surface area contributed by atoms with Gasteiger partial charge in [-0.1, -0.05) is 6.92 Å². The van der Waals surface area contributed by atoms with E-state index in [9.17, 15) is 0 Å². The Hall–Kier alpha value is -2.16. The van der Waals surface area contributed by atoms with Gasteiger partial charge in [-0.15, -0.1) is 0 Å². The molecule has 2 aromatic carbocycles. The molecule has 0 aromatic heterocycles. The van der Waals surface area contributed by atoms with Crippen LogP contribution in [0.5, 0.6) is 5.75 Å². The molecule has 3 nitrogen and oxygen atoms in total. The van der Waals surface area contributed by atoms with Crippen molar-refractivity contribution in [1.82, 2.24) is 0 Å². The molecule has 2 aromatic rings. The summed E-state index contributed by atoms with van der Waals surface area (Å²) in [5.74, 6) is 0.888. The lowest BCUT2D eigenvalue weighted by Crippen LogP contribution is -2.05. The van der Waals surface area contributed by atoms with E-state index in [2.05, 4.69) is 12.2 Å². The Balaban J connectivity index is 2.14. The third-order valence-electron chi connectivity index (χ3n) is 3.02. The monoisotopic (exact) mass is 270 g/mol. The number of rotatable bonds is 5. The Morgan fingerprint density at radius 1 is 1.10 bits per heavy atom. The van der Waals surface area contributed by atoms with Gasteiger partial charge in [-0.3, -0.25) is 0 Å². The molecule has 0 saturated carbocycles. The minimum absolute atomic E-state index is 0.192. The molecule has 0 heterocycles. The first-order chi connectivity index (χ1) is 9.58. The highest BCUT2D eigenvalue weighted by Gasteiger charge is 2.03. The fraction of sp³-hybridized carbons (Fsp3) is 0.294. The van der Waals surface area contributed by atoms with Crippen LogP contribution >= 0.6 is 0 Å². The van der Waals surface area contributed by atoms with Crippen molar-refractivity contribution in [2.24, 2.45) is 0 Å². The molecule has 0 fully saturated rings. The molecule has 20 heavy (non-hydrogen) atoms. The van der Waals surface area contributed by atoms with E-state index >= 15 is 0 Å². The van der Waals surface area contributed by atoms with E-state index in [-0.39, 0.29) is 6.10 Å². The Morgan fingerprint density at radius 2 is 1.80 bits per heavy atom. The van der Waals surface area contributed by atoms with Crippen molar-refractivity contribution in [1.29, 1.82) is 0 Å². The predicted octanol–water partition coefficient (Wildman–Crippen LogP) is 4.36. The van der Waals surface area contributed by atoms with Crippen LogP contribution in [-0.4, -0.2) is 6.10 Å². The van der Waals surface area contributed by atoms with E-state index in [4.69, 9.17) is 10.5 Å². The molecule has 2 rings (SSSR count). The summed E-state index contributed by atoms with van der Waals surface area (Å²) in [7, 11) is 0. The summed E-state index contributed by atoms with van der Waals surface area (Å²) in [6, 6.07) is 13.9. The summed E-state index contributed by atoms with van der Waals surface area (Å²) in [6.45, 7) is 6.17. The summed E-state index contributed by atoms with van der Waals surface area (Å²) in [5.41, 5.74) is 9.97. The first kappa shape index (κ1) is 14.3. The average molecular weight is 270 g/mol. The first-order valence-electron chi connectivity index (χ1n) is 7.00. The molecule has 0 amide bonds. The van der Waals surface area contributed by atoms with Crippen molar-refractivity contribution in [3.8, 4) is 5.75 Å². The number of benzene rings is 2. The maximum Gasteiger partial charge on any atom is 0.119 e. The van der Waals surface area contributed by atoms with Gasteiger partial charge in [0.25, 0.3) is 0 Å². The van der Waals surface area contributed by atoms with Crippen LogP contribution in [0.15, 0.2) is 42.5 Å². The number of aryl methyl sites for hydroxylation is 1. The smallest absolute Gasteiger partial charge is 0.119 e. The molecule has 106 valence electrons. The number of anilines is 3. The predicted molar refractivity (Wildman–Crippen MR) is 85.7 cm³/mol. The van der Waals surface area contributed by atoms with Gasteiger partial charge in [0.2, 0.25) is 0 Å². The van der Waals surface area contributed by atoms with Crippen LogP contribution in [0.1, 0.15) is 26.3 Å². The molecule has 0 spiro atoms. The third-order valence-corrected chi connectivity index (χ3v) is 3.02. The Bertz CT molecular complexity index is 562. The Morgan fingerprint density at radius 3 is 2.40 bits per heavy atom. The highest BCUT2D eigenvalue weighted by Crippen LogP contribution is 2.25. The summed E-state index contributed by atoms with van der Waals surface area (Å²) < 4.78 is 5.64. The van der Waals surface area contributed by atoms with Gasteiger partial charge in [0.05, 0.1) is 6.10 Å². The van der Waals surface area contributed by atoms with Gasteiger partial charge >= 0.3 is 0 Å². The van der Waals surface area contributed by atoms with Crippen molar-refractivity contribution in [3.63, 3.8) is 0 Å². The SMILES string of the molecule is CCc1cc(N)ccc1Nc1ccc(OC(C)C)cc1. The van der Waals surface area contributed by atoms with Crippen LogP contribution in [0.2, 0.25) is 0 Å². The van der Waals surface area contributed by atoms with Gasteiger partial charge in [-0.2, -0.15) is 0 Å². The van der Waals surface area contributed by atoms with Crippen molar-refractivity contribution in [3.05, 3.63) is 48.0 Å². The van der Waals surface area contributed by atoms with Gasteiger partial charge in [0.15, 0.2) is 0 Å². The maximum absolute atomic E-state index is 5.82. The van der Waals surface area contributed by atoms with E-state index in [1.54, 1.807) is 0 Å². The number of hydrogen-bond donors (Lipinski definition) is 2. The molecular formula is C17H22N2O. The second kappa shape index (κ2) is 6.33. The van der Waals surface area contributed by atoms with Gasteiger partial charge in [-0.25, -0.2) is 0 Å². The Kier molecular flexibility index (Phi) is 4.51. The maximum atomic E-state index is 5.82. The second-order valence-corrected chi connectivity index (χ2v) is 5.09. The highest BCUT2D eigenvalue weighted by molar-refractivity contribution is 5.66. The van der Waals surface area contributed by atoms with Crippen molar-refractivity contribution in [2.75, 3.05) is 11.1 Å². The lowest BCUT2D eigenvalue weighted by molar-refractivity contribution is 0.242. The summed E-state index contributed by atoms with van der Waals surface area (Å²) in [4.78, 5) is 0. The minimum atomic E-state index is 0.192. The van der Waals surface area contributed by atoms with Gasteiger partial charge < -0.3 is 15.8 Å². The fourth-order valence-electron chi connectivity index (χ4n) is 2.07. The highest BCUT2D eigenvalue weighted by atomic mass is 16.5. The molecule has 0 atom stereocenters. The number of hydrogen-bond acceptors (Lipinski definition) is 3. The lowest BCUT2D eigenvalue weighted by Gasteiger charge is -2.13. The van der Waals surface area contributed by atoms with Crippen molar-refractivity contribution >= 4 is 17.1 Å². The molecule has 0 aliphatic heterocycles. The molecule has 0 aliphatic carbocycles. The van der Waals surface area contributed by atoms with Crippen molar-refractivity contribution < 1.29 is 4.74 Å². The van der Waals surface area contributed by atoms with E-state index in [0.29, 0.717) is 0 Å². The second-order valence-electron chi connectivity index (χ2n) is 5.09. The fourth-order valence-corrected chi connectivity index (χ4v) is 2.07.